The van der Waals surface area contributed by atoms with Crippen molar-refractivity contribution in [2.45, 2.75) is 38.5 Å². The van der Waals surface area contributed by atoms with E-state index in [4.69, 9.17) is 16.4 Å². The lowest BCUT2D eigenvalue weighted by molar-refractivity contribution is -0.117. The Morgan fingerprint density at radius 1 is 1.21 bits per heavy atom. The zero-order valence-electron chi connectivity index (χ0n) is 16.1. The molecule has 8 heteroatoms. The number of aromatic nitrogens is 1. The van der Waals surface area contributed by atoms with E-state index >= 15 is 0 Å². The van der Waals surface area contributed by atoms with Crippen LogP contribution in [0.1, 0.15) is 54.4 Å². The summed E-state index contributed by atoms with van der Waals surface area (Å²) in [7, 11) is 0. The molecule has 2 amide bonds. The Morgan fingerprint density at radius 2 is 2.00 bits per heavy atom. The van der Waals surface area contributed by atoms with Crippen molar-refractivity contribution >= 4 is 40.6 Å². The number of halogens is 1. The fourth-order valence-corrected chi connectivity index (χ4v) is 3.40. The summed E-state index contributed by atoms with van der Waals surface area (Å²) >= 11 is 6.43. The van der Waals surface area contributed by atoms with Crippen molar-refractivity contribution in [2.75, 3.05) is 17.2 Å². The summed E-state index contributed by atoms with van der Waals surface area (Å²) in [6, 6.07) is 7.44. The fourth-order valence-electron chi connectivity index (χ4n) is 3.06. The molecule has 3 N–H and O–H groups in total. The summed E-state index contributed by atoms with van der Waals surface area (Å²) in [6.45, 7) is 2.12. The molecular formula is C21H23ClN4O3. The van der Waals surface area contributed by atoms with Gasteiger partial charge in [-0.3, -0.25) is 14.4 Å². The second kappa shape index (κ2) is 8.39. The number of amides is 2. The van der Waals surface area contributed by atoms with E-state index in [0.717, 1.165) is 24.1 Å². The molecule has 1 aromatic carbocycles. The first-order valence-corrected chi connectivity index (χ1v) is 10.2. The topological polar surface area (TPSA) is 92.3 Å². The zero-order valence-corrected chi connectivity index (χ0v) is 16.9. The molecular weight excluding hydrogens is 392 g/mol. The van der Waals surface area contributed by atoms with Crippen LogP contribution in [-0.2, 0) is 9.63 Å². The van der Waals surface area contributed by atoms with Crippen molar-refractivity contribution in [3.63, 3.8) is 0 Å². The molecule has 2 fully saturated rings. The maximum Gasteiger partial charge on any atom is 0.278 e. The number of anilines is 3. The van der Waals surface area contributed by atoms with E-state index in [1.54, 1.807) is 13.0 Å². The van der Waals surface area contributed by atoms with E-state index in [0.29, 0.717) is 34.6 Å². The number of hydrogen-bond acceptors (Lipinski definition) is 5. The molecule has 0 atom stereocenters. The highest BCUT2D eigenvalue weighted by molar-refractivity contribution is 6.31. The third kappa shape index (κ3) is 4.86. The van der Waals surface area contributed by atoms with Crippen molar-refractivity contribution in [1.82, 2.24) is 10.5 Å². The summed E-state index contributed by atoms with van der Waals surface area (Å²) in [4.78, 5) is 33.7. The minimum atomic E-state index is -0.428. The molecule has 152 valence electrons. The Balaban J connectivity index is 1.59. The summed E-state index contributed by atoms with van der Waals surface area (Å²) in [6.07, 6.45) is 5.56. The van der Waals surface area contributed by atoms with Gasteiger partial charge in [0.2, 0.25) is 5.91 Å². The number of carbonyl (C=O) groups is 2. The summed E-state index contributed by atoms with van der Waals surface area (Å²) in [5.74, 6) is 0.518. The number of carbonyl (C=O) groups excluding carboxylic acids is 2. The van der Waals surface area contributed by atoms with E-state index in [-0.39, 0.29) is 11.8 Å². The minimum Gasteiger partial charge on any atom is -0.355 e. The molecule has 29 heavy (non-hydrogen) atoms. The van der Waals surface area contributed by atoms with Gasteiger partial charge in [0.15, 0.2) is 0 Å². The van der Waals surface area contributed by atoms with Crippen LogP contribution in [0.4, 0.5) is 17.2 Å². The van der Waals surface area contributed by atoms with Crippen LogP contribution in [-0.4, -0.2) is 23.4 Å². The van der Waals surface area contributed by atoms with Gasteiger partial charge in [-0.05, 0) is 56.2 Å². The summed E-state index contributed by atoms with van der Waals surface area (Å²) in [5.41, 5.74) is 5.07. The van der Waals surface area contributed by atoms with Crippen molar-refractivity contribution in [3.05, 3.63) is 46.6 Å². The zero-order chi connectivity index (χ0) is 20.4. The molecule has 2 aliphatic carbocycles. The smallest absolute Gasteiger partial charge is 0.278 e. The number of nitrogens with zero attached hydrogens (tertiary/aromatic N) is 1. The number of hydrogen-bond donors (Lipinski definition) is 3. The standard InChI is InChI=1S/C21H23ClN4O3/c1-2-29-26-21(28)16-11-23-19(25-20(27)13-5-6-13)10-18(16)24-14-7-8-15(12-3-4-12)17(22)9-14/h7-13H,2-6H2,1H3,(H,26,28)(H2,23,24,25,27). The molecule has 2 saturated carbocycles. The highest BCUT2D eigenvalue weighted by atomic mass is 35.5. The van der Waals surface area contributed by atoms with Crippen molar-refractivity contribution in [3.8, 4) is 0 Å². The maximum absolute atomic E-state index is 12.5. The molecule has 4 rings (SSSR count). The second-order valence-electron chi connectivity index (χ2n) is 7.38. The Hall–Kier alpha value is -2.64. The van der Waals surface area contributed by atoms with Gasteiger partial charge in [-0.15, -0.1) is 0 Å². The van der Waals surface area contributed by atoms with Gasteiger partial charge in [0.1, 0.15) is 5.82 Å². The molecule has 0 spiro atoms. The average molecular weight is 415 g/mol. The fraction of sp³-hybridized carbons (Fsp3) is 0.381. The molecule has 0 unspecified atom stereocenters. The van der Waals surface area contributed by atoms with Crippen LogP contribution >= 0.6 is 11.6 Å². The lowest BCUT2D eigenvalue weighted by Gasteiger charge is -2.15. The van der Waals surface area contributed by atoms with Gasteiger partial charge in [-0.25, -0.2) is 10.5 Å². The van der Waals surface area contributed by atoms with E-state index < -0.39 is 5.91 Å². The molecule has 0 bridgehead atoms. The first kappa shape index (κ1) is 19.7. The van der Waals surface area contributed by atoms with Crippen molar-refractivity contribution in [2.24, 2.45) is 5.92 Å². The third-order valence-electron chi connectivity index (χ3n) is 4.95. The lowest BCUT2D eigenvalue weighted by atomic mass is 10.1. The molecule has 1 aromatic heterocycles. The van der Waals surface area contributed by atoms with Gasteiger partial charge in [0.25, 0.3) is 5.91 Å². The number of rotatable bonds is 8. The van der Waals surface area contributed by atoms with Crippen molar-refractivity contribution in [1.29, 1.82) is 0 Å². The normalized spacial score (nSPS) is 15.7. The lowest BCUT2D eigenvalue weighted by Crippen LogP contribution is -2.25. The van der Waals surface area contributed by atoms with E-state index in [9.17, 15) is 9.59 Å². The van der Waals surface area contributed by atoms with Crippen LogP contribution < -0.4 is 16.1 Å². The highest BCUT2D eigenvalue weighted by Crippen LogP contribution is 2.44. The monoisotopic (exact) mass is 414 g/mol. The van der Waals surface area contributed by atoms with Gasteiger partial charge in [0.05, 0.1) is 17.9 Å². The van der Waals surface area contributed by atoms with Gasteiger partial charge < -0.3 is 10.6 Å². The quantitative estimate of drug-likeness (QED) is 0.557. The predicted octanol–water partition coefficient (Wildman–Crippen LogP) is 4.39. The van der Waals surface area contributed by atoms with Crippen LogP contribution in [0.3, 0.4) is 0 Å². The number of benzene rings is 1. The predicted molar refractivity (Wildman–Crippen MR) is 111 cm³/mol. The Kier molecular flexibility index (Phi) is 5.69. The first-order chi connectivity index (χ1) is 14.0. The Bertz CT molecular complexity index is 942. The van der Waals surface area contributed by atoms with Crippen LogP contribution in [0.15, 0.2) is 30.5 Å². The molecule has 1 heterocycles. The van der Waals surface area contributed by atoms with Crippen molar-refractivity contribution < 1.29 is 14.4 Å². The molecule has 2 aromatic rings. The molecule has 7 nitrogen and oxygen atoms in total. The number of pyridine rings is 1. The van der Waals surface area contributed by atoms with Crippen LogP contribution in [0.2, 0.25) is 5.02 Å². The SMILES string of the molecule is CCONC(=O)c1cnc(NC(=O)C2CC2)cc1Nc1ccc(C2CC2)c(Cl)c1. The average Bonchev–Trinajstić information content (AvgIpc) is 3.59. The molecule has 0 saturated heterocycles. The summed E-state index contributed by atoms with van der Waals surface area (Å²) in [5, 5.41) is 6.73. The van der Waals surface area contributed by atoms with E-state index in [2.05, 4.69) is 21.1 Å². The minimum absolute atomic E-state index is 0.0493. The van der Waals surface area contributed by atoms with Crippen LogP contribution in [0.5, 0.6) is 0 Å². The van der Waals surface area contributed by atoms with Gasteiger partial charge in [-0.2, -0.15) is 0 Å². The molecule has 0 radical (unpaired) electrons. The van der Waals surface area contributed by atoms with Gasteiger partial charge in [0, 0.05) is 28.9 Å². The van der Waals surface area contributed by atoms with Gasteiger partial charge in [-0.1, -0.05) is 17.7 Å². The second-order valence-corrected chi connectivity index (χ2v) is 7.79. The molecule has 0 aliphatic heterocycles. The number of hydroxylamine groups is 1. The highest BCUT2D eigenvalue weighted by Gasteiger charge is 2.30. The number of nitrogens with one attached hydrogen (secondary N) is 3. The van der Waals surface area contributed by atoms with Crippen LogP contribution in [0, 0.1) is 5.92 Å². The maximum atomic E-state index is 12.5. The van der Waals surface area contributed by atoms with E-state index in [1.165, 1.54) is 19.0 Å². The summed E-state index contributed by atoms with van der Waals surface area (Å²) < 4.78 is 0. The molecule has 2 aliphatic rings. The Morgan fingerprint density at radius 3 is 2.66 bits per heavy atom. The van der Waals surface area contributed by atoms with Crippen LogP contribution in [0.25, 0.3) is 0 Å². The third-order valence-corrected chi connectivity index (χ3v) is 5.28. The first-order valence-electron chi connectivity index (χ1n) is 9.84. The van der Waals surface area contributed by atoms with E-state index in [1.807, 2.05) is 18.2 Å². The Labute approximate surface area is 174 Å². The van der Waals surface area contributed by atoms with Gasteiger partial charge >= 0.3 is 0 Å². The largest absolute Gasteiger partial charge is 0.355 e.